The van der Waals surface area contributed by atoms with Crippen molar-refractivity contribution in [1.82, 2.24) is 0 Å². The van der Waals surface area contributed by atoms with Gasteiger partial charge in [-0.15, -0.1) is 30.1 Å². The average Bonchev–Trinajstić information content (AvgIpc) is 2.48. The topological polar surface area (TPSA) is 57.5 Å². The lowest BCUT2D eigenvalue weighted by atomic mass is 10.0. The Morgan fingerprint density at radius 3 is 2.45 bits per heavy atom. The zero-order valence-electron chi connectivity index (χ0n) is 11.1. The number of aliphatic hydroxyl groups is 1. The molecular formula is C15H18O3S2. The average molecular weight is 310 g/mol. The van der Waals surface area contributed by atoms with E-state index in [2.05, 4.69) is 6.58 Å². The highest BCUT2D eigenvalue weighted by molar-refractivity contribution is 8.18. The van der Waals surface area contributed by atoms with Crippen LogP contribution < -0.4 is 0 Å². The molecule has 0 amide bonds. The van der Waals surface area contributed by atoms with Crippen LogP contribution in [0.15, 0.2) is 36.9 Å². The van der Waals surface area contributed by atoms with Crippen molar-refractivity contribution in [1.29, 1.82) is 0 Å². The van der Waals surface area contributed by atoms with Gasteiger partial charge in [0.05, 0.1) is 9.64 Å². The quantitative estimate of drug-likeness (QED) is 0.814. The number of carboxylic acids is 1. The van der Waals surface area contributed by atoms with Crippen LogP contribution in [0.2, 0.25) is 0 Å². The largest absolute Gasteiger partial charge is 0.478 e. The number of hydrogen-bond acceptors (Lipinski definition) is 4. The van der Waals surface area contributed by atoms with Crippen LogP contribution in [0.3, 0.4) is 0 Å². The molecule has 0 bridgehead atoms. The molecule has 1 aliphatic rings. The van der Waals surface area contributed by atoms with E-state index in [9.17, 15) is 9.90 Å². The molecule has 2 rings (SSSR count). The predicted molar refractivity (Wildman–Crippen MR) is 85.4 cm³/mol. The number of allylic oxidation sites excluding steroid dienone is 1. The van der Waals surface area contributed by atoms with Crippen molar-refractivity contribution in [2.75, 3.05) is 11.5 Å². The summed E-state index contributed by atoms with van der Waals surface area (Å²) in [7, 11) is 0. The molecule has 0 aromatic heterocycles. The number of aliphatic hydroxyl groups excluding tert-OH is 1. The first-order chi connectivity index (χ1) is 9.59. The maximum atomic E-state index is 10.9. The maximum absolute atomic E-state index is 10.9. The van der Waals surface area contributed by atoms with Crippen LogP contribution in [-0.2, 0) is 0 Å². The van der Waals surface area contributed by atoms with Crippen LogP contribution in [0.25, 0.3) is 0 Å². The Hall–Kier alpha value is -0.910. The first kappa shape index (κ1) is 15.5. The van der Waals surface area contributed by atoms with Gasteiger partial charge in [0.2, 0.25) is 0 Å². The minimum absolute atomic E-state index is 0.239. The van der Waals surface area contributed by atoms with Gasteiger partial charge in [0.25, 0.3) is 0 Å². The summed E-state index contributed by atoms with van der Waals surface area (Å²) in [5.41, 5.74) is 1.00. The molecule has 1 aliphatic heterocycles. The third-order valence-corrected chi connectivity index (χ3v) is 6.75. The van der Waals surface area contributed by atoms with Gasteiger partial charge in [-0.3, -0.25) is 0 Å². The van der Waals surface area contributed by atoms with Gasteiger partial charge in [-0.05, 0) is 42.0 Å². The molecule has 1 saturated heterocycles. The van der Waals surface area contributed by atoms with Gasteiger partial charge in [0.15, 0.2) is 0 Å². The van der Waals surface area contributed by atoms with Crippen LogP contribution in [0, 0.1) is 0 Å². The van der Waals surface area contributed by atoms with Crippen molar-refractivity contribution in [3.63, 3.8) is 0 Å². The highest BCUT2D eigenvalue weighted by atomic mass is 32.2. The van der Waals surface area contributed by atoms with E-state index < -0.39 is 12.1 Å². The van der Waals surface area contributed by atoms with Gasteiger partial charge in [-0.2, -0.15) is 0 Å². The Labute approximate surface area is 127 Å². The number of aromatic carboxylic acids is 1. The number of carboxylic acid groups (broad SMARTS) is 1. The molecule has 1 aromatic rings. The molecule has 2 N–H and O–H groups in total. The molecule has 1 aromatic carbocycles. The van der Waals surface area contributed by atoms with Crippen molar-refractivity contribution in [3.8, 4) is 0 Å². The molecule has 0 aliphatic carbocycles. The van der Waals surface area contributed by atoms with Crippen LogP contribution in [0.1, 0.15) is 34.9 Å². The molecule has 1 heterocycles. The van der Waals surface area contributed by atoms with E-state index in [4.69, 9.17) is 5.11 Å². The summed E-state index contributed by atoms with van der Waals surface area (Å²) in [5, 5.41) is 19.6. The van der Waals surface area contributed by atoms with Crippen LogP contribution in [0.4, 0.5) is 0 Å². The van der Waals surface area contributed by atoms with Crippen molar-refractivity contribution in [2.24, 2.45) is 0 Å². The maximum Gasteiger partial charge on any atom is 0.335 e. The lowest BCUT2D eigenvalue weighted by Crippen LogP contribution is -2.32. The summed E-state index contributed by atoms with van der Waals surface area (Å²) < 4.78 is -0.301. The van der Waals surface area contributed by atoms with Crippen molar-refractivity contribution in [2.45, 2.75) is 23.0 Å². The van der Waals surface area contributed by atoms with E-state index in [1.807, 2.05) is 6.08 Å². The van der Waals surface area contributed by atoms with Crippen LogP contribution in [0.5, 0.6) is 0 Å². The molecule has 0 saturated carbocycles. The molecule has 3 nitrogen and oxygen atoms in total. The van der Waals surface area contributed by atoms with Crippen molar-refractivity contribution in [3.05, 3.63) is 48.0 Å². The lowest BCUT2D eigenvalue weighted by Gasteiger charge is -2.39. The number of carbonyl (C=O) groups is 1. The van der Waals surface area contributed by atoms with Gasteiger partial charge in [-0.1, -0.05) is 18.2 Å². The predicted octanol–water partition coefficient (Wildman–Crippen LogP) is 3.56. The summed E-state index contributed by atoms with van der Waals surface area (Å²) in [5.74, 6) is 1.12. The number of rotatable bonds is 5. The highest BCUT2D eigenvalue weighted by Crippen LogP contribution is 2.52. The Morgan fingerprint density at radius 1 is 1.35 bits per heavy atom. The van der Waals surface area contributed by atoms with Gasteiger partial charge in [-0.25, -0.2) is 4.79 Å². The minimum atomic E-state index is -0.951. The third kappa shape index (κ3) is 3.22. The summed E-state index contributed by atoms with van der Waals surface area (Å²) in [4.78, 5) is 10.9. The highest BCUT2D eigenvalue weighted by Gasteiger charge is 2.40. The van der Waals surface area contributed by atoms with Gasteiger partial charge in [0, 0.05) is 0 Å². The molecule has 1 unspecified atom stereocenters. The molecule has 0 radical (unpaired) electrons. The monoisotopic (exact) mass is 310 g/mol. The van der Waals surface area contributed by atoms with E-state index in [0.717, 1.165) is 29.9 Å². The Kier molecular flexibility index (Phi) is 5.18. The van der Waals surface area contributed by atoms with Crippen LogP contribution >= 0.6 is 23.5 Å². The Morgan fingerprint density at radius 2 is 1.95 bits per heavy atom. The Bertz CT molecular complexity index is 478. The fraction of sp³-hybridized carbons (Fsp3) is 0.400. The summed E-state index contributed by atoms with van der Waals surface area (Å²) in [6.45, 7) is 3.80. The molecular weight excluding hydrogens is 292 g/mol. The number of benzene rings is 1. The molecule has 1 fully saturated rings. The SMILES string of the molecule is C=CCC1(C(O)c2ccc(C(=O)O)cc2)SCCCS1. The second-order valence-corrected chi connectivity index (χ2v) is 7.79. The molecule has 1 atom stereocenters. The molecule has 108 valence electrons. The van der Waals surface area contributed by atoms with Gasteiger partial charge >= 0.3 is 5.97 Å². The fourth-order valence-electron chi connectivity index (χ4n) is 2.24. The van der Waals surface area contributed by atoms with Gasteiger partial charge in [0.1, 0.15) is 6.10 Å². The molecule has 5 heteroatoms. The van der Waals surface area contributed by atoms with Crippen LogP contribution in [-0.4, -0.2) is 31.8 Å². The van der Waals surface area contributed by atoms with E-state index in [-0.39, 0.29) is 9.64 Å². The Balaban J connectivity index is 2.24. The standard InChI is InChI=1S/C15H18O3S2/c1-2-8-15(19-9-3-10-20-15)13(16)11-4-6-12(7-5-11)14(17)18/h2,4-7,13,16H,1,3,8-10H2,(H,17,18). The second-order valence-electron chi connectivity index (χ2n) is 4.68. The second kappa shape index (κ2) is 6.70. The summed E-state index contributed by atoms with van der Waals surface area (Å²) >= 11 is 3.55. The summed E-state index contributed by atoms with van der Waals surface area (Å²) in [6.07, 6.45) is 3.10. The van der Waals surface area contributed by atoms with Crippen molar-refractivity contribution >= 4 is 29.5 Å². The van der Waals surface area contributed by atoms with E-state index >= 15 is 0 Å². The van der Waals surface area contributed by atoms with E-state index in [1.165, 1.54) is 0 Å². The fourth-order valence-corrected chi connectivity index (χ4v) is 5.58. The van der Waals surface area contributed by atoms with E-state index in [1.54, 1.807) is 47.8 Å². The lowest BCUT2D eigenvalue weighted by molar-refractivity contribution is 0.0696. The zero-order chi connectivity index (χ0) is 14.6. The minimum Gasteiger partial charge on any atom is -0.478 e. The van der Waals surface area contributed by atoms with E-state index in [0.29, 0.717) is 0 Å². The number of hydrogen-bond donors (Lipinski definition) is 2. The first-order valence-electron chi connectivity index (χ1n) is 6.49. The summed E-state index contributed by atoms with van der Waals surface area (Å²) in [6, 6.07) is 6.49. The van der Waals surface area contributed by atoms with Gasteiger partial charge < -0.3 is 10.2 Å². The zero-order valence-corrected chi connectivity index (χ0v) is 12.8. The first-order valence-corrected chi connectivity index (χ1v) is 8.46. The smallest absolute Gasteiger partial charge is 0.335 e. The normalized spacial score (nSPS) is 19.2. The van der Waals surface area contributed by atoms with Crippen molar-refractivity contribution < 1.29 is 15.0 Å². The third-order valence-electron chi connectivity index (χ3n) is 3.30. The molecule has 20 heavy (non-hydrogen) atoms. The number of thioether (sulfide) groups is 2. The molecule has 0 spiro atoms.